The van der Waals surface area contributed by atoms with Gasteiger partial charge in [0.1, 0.15) is 0 Å². The van der Waals surface area contributed by atoms with Crippen molar-refractivity contribution in [2.75, 3.05) is 13.2 Å². The number of ether oxygens (including phenoxy) is 1. The van der Waals surface area contributed by atoms with Crippen LogP contribution < -0.4 is 56.6 Å². The summed E-state index contributed by atoms with van der Waals surface area (Å²) in [5.41, 5.74) is 0. The maximum Gasteiger partial charge on any atom is 1.00 e. The predicted octanol–water partition coefficient (Wildman–Crippen LogP) is -3.80. The van der Waals surface area contributed by atoms with Crippen LogP contribution >= 0.6 is 0 Å². The Hall–Kier alpha value is 1.39. The predicted molar refractivity (Wildman–Crippen MR) is 38.4 cm³/mol. The minimum atomic E-state index is -4.71. The summed E-state index contributed by atoms with van der Waals surface area (Å²) >= 11 is 0. The fraction of sp³-hybridized carbons (Fsp3) is 1.00. The molecule has 1 heterocycles. The molecule has 0 bridgehead atoms. The van der Waals surface area contributed by atoms with Gasteiger partial charge in [-0.3, -0.25) is 9.59 Å². The van der Waals surface area contributed by atoms with Crippen molar-refractivity contribution >= 4 is 10.4 Å². The third kappa shape index (κ3) is 15.8. The average Bonchev–Trinajstić information content (AvgIpc) is 2.06. The molecule has 14 heavy (non-hydrogen) atoms. The number of hydrogen-bond donors (Lipinski definition) is 1. The Labute approximate surface area is 125 Å². The summed E-state index contributed by atoms with van der Waals surface area (Å²) in [5, 5.41) is 11.0. The van der Waals surface area contributed by atoms with Gasteiger partial charge in [-0.25, -0.2) is 0 Å². The van der Waals surface area contributed by atoms with Gasteiger partial charge in [0.15, 0.2) is 0 Å². The fourth-order valence-corrected chi connectivity index (χ4v) is 0.792. The molecule has 1 aliphatic heterocycles. The smallest absolute Gasteiger partial charge is 0.691 e. The monoisotopic (exact) mass is 254 g/mol. The van der Waals surface area contributed by atoms with Crippen LogP contribution in [0.5, 0.6) is 0 Å². The van der Waals surface area contributed by atoms with Gasteiger partial charge in [-0.15, -0.1) is 0 Å². The standard InChI is InChI=1S/C5H10O.K.H2O6S/c1-2-4-6-5-3-1;;1-5-6-7(2,3)4/h1-5H2;;1H,(H,2,3,4)/q;+1;/p-1. The molecular formula is C5H11KO7S. The molecule has 0 amide bonds. The average molecular weight is 254 g/mol. The molecule has 0 aromatic carbocycles. The second-order valence-electron chi connectivity index (χ2n) is 2.24. The van der Waals surface area contributed by atoms with Gasteiger partial charge in [0.2, 0.25) is 0 Å². The van der Waals surface area contributed by atoms with Gasteiger partial charge >= 0.3 is 61.8 Å². The van der Waals surface area contributed by atoms with Crippen molar-refractivity contribution < 1.29 is 83.7 Å². The maximum atomic E-state index is 9.24. The van der Waals surface area contributed by atoms with Crippen LogP contribution in [0.3, 0.4) is 0 Å². The molecule has 1 saturated heterocycles. The minimum absolute atomic E-state index is 0. The van der Waals surface area contributed by atoms with Gasteiger partial charge in [-0.1, -0.05) is 4.33 Å². The van der Waals surface area contributed by atoms with Crippen LogP contribution in [0.25, 0.3) is 0 Å². The van der Waals surface area contributed by atoms with Crippen molar-refractivity contribution in [1.29, 1.82) is 0 Å². The SMILES string of the molecule is C1CCOCC1.O=S(=O)(O)OO[O-].[K+]. The number of hydrogen-bond acceptors (Lipinski definition) is 6. The number of rotatable bonds is 2. The van der Waals surface area contributed by atoms with E-state index >= 15 is 0 Å². The molecule has 0 aromatic heterocycles. The van der Waals surface area contributed by atoms with Crippen molar-refractivity contribution in [1.82, 2.24) is 0 Å². The first-order chi connectivity index (χ1) is 6.06. The summed E-state index contributed by atoms with van der Waals surface area (Å²) in [6, 6.07) is 0. The van der Waals surface area contributed by atoms with Gasteiger partial charge in [-0.2, -0.15) is 8.42 Å². The van der Waals surface area contributed by atoms with Crippen LogP contribution in [0.2, 0.25) is 0 Å². The van der Waals surface area contributed by atoms with E-state index in [0.29, 0.717) is 0 Å². The molecule has 0 aromatic rings. The van der Waals surface area contributed by atoms with Crippen molar-refractivity contribution in [3.05, 3.63) is 0 Å². The molecule has 9 heteroatoms. The summed E-state index contributed by atoms with van der Waals surface area (Å²) in [7, 11) is -4.71. The molecule has 0 unspecified atom stereocenters. The normalized spacial score (nSPS) is 16.1. The quantitative estimate of drug-likeness (QED) is 0.233. The second kappa shape index (κ2) is 10.9. The zero-order chi connectivity index (χ0) is 10.2. The molecular weight excluding hydrogens is 243 g/mol. The van der Waals surface area contributed by atoms with Crippen LogP contribution in [0.1, 0.15) is 19.3 Å². The van der Waals surface area contributed by atoms with Gasteiger partial charge in [0.25, 0.3) is 0 Å². The van der Waals surface area contributed by atoms with Crippen molar-refractivity contribution in [3.63, 3.8) is 0 Å². The van der Waals surface area contributed by atoms with Crippen LogP contribution in [-0.4, -0.2) is 26.2 Å². The van der Waals surface area contributed by atoms with E-state index < -0.39 is 10.4 Å². The zero-order valence-corrected chi connectivity index (χ0v) is 11.8. The van der Waals surface area contributed by atoms with Gasteiger partial charge in [0, 0.05) is 13.2 Å². The van der Waals surface area contributed by atoms with E-state index in [1.165, 1.54) is 19.3 Å². The minimum Gasteiger partial charge on any atom is -0.691 e. The summed E-state index contributed by atoms with van der Waals surface area (Å²) < 4.78 is 33.7. The van der Waals surface area contributed by atoms with E-state index in [0.717, 1.165) is 13.2 Å². The van der Waals surface area contributed by atoms with E-state index in [2.05, 4.69) is 9.37 Å². The van der Waals surface area contributed by atoms with E-state index in [4.69, 9.17) is 14.5 Å². The van der Waals surface area contributed by atoms with Crippen LogP contribution in [-0.2, 0) is 24.5 Å². The summed E-state index contributed by atoms with van der Waals surface area (Å²) in [5.74, 6) is 0. The first-order valence-electron chi connectivity index (χ1n) is 3.59. The Bertz CT molecular complexity index is 189. The molecule has 80 valence electrons. The van der Waals surface area contributed by atoms with Crippen LogP contribution in [0, 0.1) is 0 Å². The first-order valence-corrected chi connectivity index (χ1v) is 4.96. The molecule has 0 spiro atoms. The summed E-state index contributed by atoms with van der Waals surface area (Å²) in [4.78, 5) is 0. The maximum absolute atomic E-state index is 9.24. The molecule has 1 rings (SSSR count). The second-order valence-corrected chi connectivity index (χ2v) is 3.23. The Balaban J connectivity index is 0. The van der Waals surface area contributed by atoms with E-state index in [-0.39, 0.29) is 51.4 Å². The zero-order valence-electron chi connectivity index (χ0n) is 7.84. The molecule has 0 aliphatic carbocycles. The first kappa shape index (κ1) is 17.8. The van der Waals surface area contributed by atoms with E-state index in [1.807, 2.05) is 0 Å². The van der Waals surface area contributed by atoms with Crippen molar-refractivity contribution in [3.8, 4) is 0 Å². The Kier molecular flexibility index (Phi) is 13.8. The third-order valence-corrected chi connectivity index (χ3v) is 1.42. The molecule has 1 N–H and O–H groups in total. The topological polar surface area (TPSA) is 105 Å². The molecule has 0 atom stereocenters. The fourth-order valence-electron chi connectivity index (χ4n) is 0.722. The Morgan fingerprint density at radius 3 is 1.79 bits per heavy atom. The molecule has 7 nitrogen and oxygen atoms in total. The third-order valence-electron chi connectivity index (χ3n) is 1.19. The van der Waals surface area contributed by atoms with E-state index in [1.54, 1.807) is 0 Å². The van der Waals surface area contributed by atoms with Gasteiger partial charge in [0.05, 0.1) is 0 Å². The molecule has 0 saturated carbocycles. The molecule has 1 fully saturated rings. The van der Waals surface area contributed by atoms with E-state index in [9.17, 15) is 8.42 Å². The Morgan fingerprint density at radius 2 is 1.71 bits per heavy atom. The summed E-state index contributed by atoms with van der Waals surface area (Å²) in [6.07, 6.45) is 3.93. The molecule has 0 radical (unpaired) electrons. The van der Waals surface area contributed by atoms with Crippen molar-refractivity contribution in [2.24, 2.45) is 0 Å². The van der Waals surface area contributed by atoms with Crippen LogP contribution in [0.4, 0.5) is 0 Å². The van der Waals surface area contributed by atoms with Gasteiger partial charge in [-0.05, 0) is 19.3 Å². The largest absolute Gasteiger partial charge is 1.00 e. The summed E-state index contributed by atoms with van der Waals surface area (Å²) in [6.45, 7) is 2.00. The Morgan fingerprint density at radius 1 is 1.21 bits per heavy atom. The van der Waals surface area contributed by atoms with Crippen LogP contribution in [0.15, 0.2) is 0 Å². The van der Waals surface area contributed by atoms with Gasteiger partial charge < -0.3 is 9.99 Å². The molecule has 1 aliphatic rings. The van der Waals surface area contributed by atoms with Crippen molar-refractivity contribution in [2.45, 2.75) is 19.3 Å².